The summed E-state index contributed by atoms with van der Waals surface area (Å²) in [6.07, 6.45) is 4.17. The zero-order chi connectivity index (χ0) is 14.5. The topological polar surface area (TPSA) is 37.8 Å². The first-order valence-corrected chi connectivity index (χ1v) is 8.22. The van der Waals surface area contributed by atoms with Crippen LogP contribution in [-0.2, 0) is 6.54 Å². The predicted molar refractivity (Wildman–Crippen MR) is 88.3 cm³/mol. The van der Waals surface area contributed by atoms with Gasteiger partial charge in [0.2, 0.25) is 0 Å². The van der Waals surface area contributed by atoms with E-state index in [0.29, 0.717) is 6.04 Å². The third kappa shape index (κ3) is 3.46. The molecule has 0 radical (unpaired) electrons. The fourth-order valence-corrected chi connectivity index (χ4v) is 3.27. The summed E-state index contributed by atoms with van der Waals surface area (Å²) in [6.45, 7) is 2.97. The molecule has 1 atom stereocenters. The standard InChI is InChI=1S/C17H19N3S/c1-2-6-16(17-9-5-10-21-17)19-12-13-11-18-14-7-3-4-8-15(14)20-13/h3-5,7-11,16,19H,2,6,12H2,1H3. The van der Waals surface area contributed by atoms with Crippen LogP contribution in [0.1, 0.15) is 36.4 Å². The lowest BCUT2D eigenvalue weighted by atomic mass is 10.1. The molecule has 0 aliphatic rings. The van der Waals surface area contributed by atoms with Crippen molar-refractivity contribution in [1.29, 1.82) is 0 Å². The SMILES string of the molecule is CCCC(NCc1cnc2ccccc2n1)c1cccs1. The van der Waals surface area contributed by atoms with Crippen molar-refractivity contribution in [3.63, 3.8) is 0 Å². The number of rotatable bonds is 6. The monoisotopic (exact) mass is 297 g/mol. The van der Waals surface area contributed by atoms with Crippen LogP contribution in [0.3, 0.4) is 0 Å². The maximum Gasteiger partial charge on any atom is 0.0890 e. The number of nitrogens with zero attached hydrogens (tertiary/aromatic N) is 2. The molecule has 0 spiro atoms. The molecule has 3 rings (SSSR count). The first kappa shape index (κ1) is 14.2. The van der Waals surface area contributed by atoms with Gasteiger partial charge in [0.25, 0.3) is 0 Å². The third-order valence-electron chi connectivity index (χ3n) is 3.49. The molecule has 1 aromatic carbocycles. The molecule has 0 bridgehead atoms. The van der Waals surface area contributed by atoms with Crippen LogP contribution in [0.25, 0.3) is 11.0 Å². The van der Waals surface area contributed by atoms with E-state index in [1.54, 1.807) is 0 Å². The number of hydrogen-bond acceptors (Lipinski definition) is 4. The van der Waals surface area contributed by atoms with Gasteiger partial charge in [-0.1, -0.05) is 31.5 Å². The van der Waals surface area contributed by atoms with Crippen LogP contribution in [0, 0.1) is 0 Å². The molecule has 0 aliphatic heterocycles. The molecule has 108 valence electrons. The van der Waals surface area contributed by atoms with Gasteiger partial charge >= 0.3 is 0 Å². The minimum absolute atomic E-state index is 0.406. The Kier molecular flexibility index (Phi) is 4.58. The lowest BCUT2D eigenvalue weighted by Gasteiger charge is -2.16. The number of para-hydroxylation sites is 2. The molecule has 0 saturated carbocycles. The van der Waals surface area contributed by atoms with Crippen LogP contribution >= 0.6 is 11.3 Å². The summed E-state index contributed by atoms with van der Waals surface area (Å²) in [4.78, 5) is 10.5. The van der Waals surface area contributed by atoms with Crippen LogP contribution in [-0.4, -0.2) is 9.97 Å². The molecule has 4 heteroatoms. The van der Waals surface area contributed by atoms with E-state index in [2.05, 4.69) is 39.7 Å². The minimum atomic E-state index is 0.406. The van der Waals surface area contributed by atoms with E-state index >= 15 is 0 Å². The number of fused-ring (bicyclic) bond motifs is 1. The van der Waals surface area contributed by atoms with Gasteiger partial charge in [0.05, 0.1) is 22.9 Å². The van der Waals surface area contributed by atoms with Crippen LogP contribution in [0.2, 0.25) is 0 Å². The van der Waals surface area contributed by atoms with Gasteiger partial charge in [-0.15, -0.1) is 11.3 Å². The van der Waals surface area contributed by atoms with Crippen molar-refractivity contribution in [2.75, 3.05) is 0 Å². The lowest BCUT2D eigenvalue weighted by Crippen LogP contribution is -2.20. The van der Waals surface area contributed by atoms with Gasteiger partial charge in [0, 0.05) is 17.5 Å². The Bertz CT molecular complexity index is 694. The Morgan fingerprint density at radius 3 is 2.76 bits per heavy atom. The first-order valence-electron chi connectivity index (χ1n) is 7.34. The summed E-state index contributed by atoms with van der Waals surface area (Å²) in [5.41, 5.74) is 2.90. The second-order valence-corrected chi connectivity index (χ2v) is 6.07. The van der Waals surface area contributed by atoms with Gasteiger partial charge in [-0.2, -0.15) is 0 Å². The zero-order valence-corrected chi connectivity index (χ0v) is 12.9. The number of benzene rings is 1. The average Bonchev–Trinajstić information content (AvgIpc) is 3.05. The fourth-order valence-electron chi connectivity index (χ4n) is 2.43. The van der Waals surface area contributed by atoms with E-state index < -0.39 is 0 Å². The molecule has 21 heavy (non-hydrogen) atoms. The molecule has 1 unspecified atom stereocenters. The largest absolute Gasteiger partial charge is 0.303 e. The highest BCUT2D eigenvalue weighted by atomic mass is 32.1. The number of hydrogen-bond donors (Lipinski definition) is 1. The van der Waals surface area contributed by atoms with Crippen molar-refractivity contribution in [2.45, 2.75) is 32.4 Å². The van der Waals surface area contributed by atoms with Gasteiger partial charge in [0.1, 0.15) is 0 Å². The van der Waals surface area contributed by atoms with E-state index in [1.807, 2.05) is 41.8 Å². The van der Waals surface area contributed by atoms with Gasteiger partial charge in [0.15, 0.2) is 0 Å². The number of nitrogens with one attached hydrogen (secondary N) is 1. The van der Waals surface area contributed by atoms with Crippen LogP contribution < -0.4 is 5.32 Å². The van der Waals surface area contributed by atoms with E-state index in [4.69, 9.17) is 0 Å². The van der Waals surface area contributed by atoms with Gasteiger partial charge in [-0.25, -0.2) is 4.98 Å². The maximum absolute atomic E-state index is 4.67. The summed E-state index contributed by atoms with van der Waals surface area (Å²) in [7, 11) is 0. The summed E-state index contributed by atoms with van der Waals surface area (Å²) in [6, 6.07) is 12.7. The second-order valence-electron chi connectivity index (χ2n) is 5.09. The lowest BCUT2D eigenvalue weighted by molar-refractivity contribution is 0.496. The molecule has 0 amide bonds. The number of thiophene rings is 1. The molecule has 0 saturated heterocycles. The van der Waals surface area contributed by atoms with Crippen molar-refractivity contribution >= 4 is 22.4 Å². The second kappa shape index (κ2) is 6.78. The Labute approximate surface area is 129 Å². The van der Waals surface area contributed by atoms with Crippen molar-refractivity contribution in [1.82, 2.24) is 15.3 Å². The normalized spacial score (nSPS) is 12.6. The Morgan fingerprint density at radius 2 is 2.00 bits per heavy atom. The van der Waals surface area contributed by atoms with Crippen molar-refractivity contribution in [3.8, 4) is 0 Å². The quantitative estimate of drug-likeness (QED) is 0.736. The molecule has 1 N–H and O–H groups in total. The molecule has 3 aromatic rings. The van der Waals surface area contributed by atoms with E-state index in [0.717, 1.165) is 29.7 Å². The maximum atomic E-state index is 4.67. The highest BCUT2D eigenvalue weighted by Gasteiger charge is 2.11. The fraction of sp³-hybridized carbons (Fsp3) is 0.294. The smallest absolute Gasteiger partial charge is 0.0890 e. The van der Waals surface area contributed by atoms with Gasteiger partial charge in [-0.05, 0) is 30.0 Å². The molecule has 2 heterocycles. The molecule has 0 aliphatic carbocycles. The summed E-state index contributed by atoms with van der Waals surface area (Å²) < 4.78 is 0. The minimum Gasteiger partial charge on any atom is -0.303 e. The zero-order valence-electron chi connectivity index (χ0n) is 12.1. The van der Waals surface area contributed by atoms with E-state index in [-0.39, 0.29) is 0 Å². The highest BCUT2D eigenvalue weighted by Crippen LogP contribution is 2.23. The Morgan fingerprint density at radius 1 is 1.14 bits per heavy atom. The average molecular weight is 297 g/mol. The van der Waals surface area contributed by atoms with Crippen LogP contribution in [0.15, 0.2) is 48.0 Å². The van der Waals surface area contributed by atoms with Crippen molar-refractivity contribution in [2.24, 2.45) is 0 Å². The Balaban J connectivity index is 1.72. The van der Waals surface area contributed by atoms with Crippen LogP contribution in [0.5, 0.6) is 0 Å². The first-order chi connectivity index (χ1) is 10.4. The molecule has 3 nitrogen and oxygen atoms in total. The molecule has 2 aromatic heterocycles. The predicted octanol–water partition coefficient (Wildman–Crippen LogP) is 4.32. The Hall–Kier alpha value is -1.78. The van der Waals surface area contributed by atoms with Crippen molar-refractivity contribution in [3.05, 3.63) is 58.5 Å². The van der Waals surface area contributed by atoms with Gasteiger partial charge in [-0.3, -0.25) is 4.98 Å². The molecule has 0 fully saturated rings. The van der Waals surface area contributed by atoms with E-state index in [1.165, 1.54) is 11.3 Å². The highest BCUT2D eigenvalue weighted by molar-refractivity contribution is 7.10. The van der Waals surface area contributed by atoms with Gasteiger partial charge < -0.3 is 5.32 Å². The van der Waals surface area contributed by atoms with Crippen LogP contribution in [0.4, 0.5) is 0 Å². The third-order valence-corrected chi connectivity index (χ3v) is 4.48. The summed E-state index contributed by atoms with van der Waals surface area (Å²) >= 11 is 1.81. The van der Waals surface area contributed by atoms with E-state index in [9.17, 15) is 0 Å². The molecular weight excluding hydrogens is 278 g/mol. The molecular formula is C17H19N3S. The number of aromatic nitrogens is 2. The summed E-state index contributed by atoms with van der Waals surface area (Å²) in [5.74, 6) is 0. The van der Waals surface area contributed by atoms with Crippen molar-refractivity contribution < 1.29 is 0 Å². The summed E-state index contributed by atoms with van der Waals surface area (Å²) in [5, 5.41) is 5.75.